The standard InChI is InChI=1S/C16H24ClNO/c1-11-6-12(2)9-18(8-11)10-16(19)14-4-5-15(17)13(3)7-14/h4-5,7,11-12,16,19H,6,8-10H2,1-3H3. The van der Waals surface area contributed by atoms with Gasteiger partial charge in [-0.2, -0.15) is 0 Å². The monoisotopic (exact) mass is 281 g/mol. The van der Waals surface area contributed by atoms with E-state index < -0.39 is 6.10 Å². The molecule has 2 rings (SSSR count). The second-order valence-electron chi connectivity index (χ2n) is 6.19. The predicted octanol–water partition coefficient (Wildman–Crippen LogP) is 3.66. The van der Waals surface area contributed by atoms with Crippen molar-refractivity contribution in [1.29, 1.82) is 0 Å². The summed E-state index contributed by atoms with van der Waals surface area (Å²) in [6, 6.07) is 5.79. The molecule has 1 N–H and O–H groups in total. The second-order valence-corrected chi connectivity index (χ2v) is 6.60. The lowest BCUT2D eigenvalue weighted by Crippen LogP contribution is -2.40. The summed E-state index contributed by atoms with van der Waals surface area (Å²) in [5, 5.41) is 11.1. The number of benzene rings is 1. The minimum atomic E-state index is -0.423. The van der Waals surface area contributed by atoms with E-state index in [1.807, 2.05) is 25.1 Å². The molecule has 106 valence electrons. The van der Waals surface area contributed by atoms with E-state index in [0.717, 1.165) is 47.6 Å². The number of aliphatic hydroxyl groups is 1. The van der Waals surface area contributed by atoms with E-state index in [-0.39, 0.29) is 0 Å². The molecule has 0 radical (unpaired) electrons. The van der Waals surface area contributed by atoms with Gasteiger partial charge in [-0.15, -0.1) is 0 Å². The molecule has 3 atom stereocenters. The number of aliphatic hydroxyl groups excluding tert-OH is 1. The summed E-state index contributed by atoms with van der Waals surface area (Å²) in [4.78, 5) is 2.38. The van der Waals surface area contributed by atoms with Gasteiger partial charge in [0.2, 0.25) is 0 Å². The average Bonchev–Trinajstić information content (AvgIpc) is 2.31. The summed E-state index contributed by atoms with van der Waals surface area (Å²) >= 11 is 6.02. The molecule has 0 amide bonds. The van der Waals surface area contributed by atoms with Crippen molar-refractivity contribution >= 4 is 11.6 Å². The molecule has 1 aliphatic rings. The molecule has 1 fully saturated rings. The maximum Gasteiger partial charge on any atom is 0.0917 e. The number of likely N-dealkylation sites (tertiary alicyclic amines) is 1. The zero-order valence-electron chi connectivity index (χ0n) is 12.1. The van der Waals surface area contributed by atoms with Crippen LogP contribution in [0.25, 0.3) is 0 Å². The third kappa shape index (κ3) is 3.95. The maximum atomic E-state index is 10.4. The Hall–Kier alpha value is -0.570. The van der Waals surface area contributed by atoms with Crippen LogP contribution in [-0.2, 0) is 0 Å². The lowest BCUT2D eigenvalue weighted by atomic mass is 9.91. The fourth-order valence-electron chi connectivity index (χ4n) is 3.17. The minimum absolute atomic E-state index is 0.423. The van der Waals surface area contributed by atoms with Crippen LogP contribution >= 0.6 is 11.6 Å². The van der Waals surface area contributed by atoms with Gasteiger partial charge in [-0.1, -0.05) is 37.6 Å². The lowest BCUT2D eigenvalue weighted by molar-refractivity contribution is 0.0699. The molecule has 0 spiro atoms. The Bertz CT molecular complexity index is 425. The summed E-state index contributed by atoms with van der Waals surface area (Å²) in [6.45, 7) is 9.46. The SMILES string of the molecule is Cc1cc(C(O)CN2CC(C)CC(C)C2)ccc1Cl. The van der Waals surface area contributed by atoms with Gasteiger partial charge in [-0.3, -0.25) is 4.90 Å². The van der Waals surface area contributed by atoms with Crippen molar-refractivity contribution in [3.05, 3.63) is 34.3 Å². The smallest absolute Gasteiger partial charge is 0.0917 e. The maximum absolute atomic E-state index is 10.4. The highest BCUT2D eigenvalue weighted by Crippen LogP contribution is 2.25. The molecule has 1 aliphatic heterocycles. The van der Waals surface area contributed by atoms with Crippen molar-refractivity contribution in [3.63, 3.8) is 0 Å². The van der Waals surface area contributed by atoms with Crippen molar-refractivity contribution in [2.24, 2.45) is 11.8 Å². The molecule has 0 aliphatic carbocycles. The highest BCUT2D eigenvalue weighted by molar-refractivity contribution is 6.31. The van der Waals surface area contributed by atoms with Crippen LogP contribution in [0.5, 0.6) is 0 Å². The molecule has 19 heavy (non-hydrogen) atoms. The first kappa shape index (κ1) is 14.8. The molecule has 0 saturated carbocycles. The zero-order chi connectivity index (χ0) is 14.0. The Kier molecular flexibility index (Phi) is 4.88. The number of piperidine rings is 1. The lowest BCUT2D eigenvalue weighted by Gasteiger charge is -2.36. The predicted molar refractivity (Wildman–Crippen MR) is 80.5 cm³/mol. The van der Waals surface area contributed by atoms with Crippen LogP contribution in [0.4, 0.5) is 0 Å². The van der Waals surface area contributed by atoms with Crippen LogP contribution in [0.3, 0.4) is 0 Å². The van der Waals surface area contributed by atoms with Crippen LogP contribution in [0.2, 0.25) is 5.02 Å². The topological polar surface area (TPSA) is 23.5 Å². The Balaban J connectivity index is 2.00. The third-order valence-corrected chi connectivity index (χ3v) is 4.37. The molecule has 1 saturated heterocycles. The van der Waals surface area contributed by atoms with Gasteiger partial charge in [-0.25, -0.2) is 0 Å². The molecule has 0 bridgehead atoms. The van der Waals surface area contributed by atoms with Gasteiger partial charge < -0.3 is 5.11 Å². The van der Waals surface area contributed by atoms with Crippen LogP contribution in [0, 0.1) is 18.8 Å². The highest BCUT2D eigenvalue weighted by atomic mass is 35.5. The molecular weight excluding hydrogens is 258 g/mol. The number of β-amino-alcohol motifs (C(OH)–C–C–N with tert-alkyl or cyclic N) is 1. The number of nitrogens with zero attached hydrogens (tertiary/aromatic N) is 1. The number of hydrogen-bond acceptors (Lipinski definition) is 2. The number of rotatable bonds is 3. The van der Waals surface area contributed by atoms with E-state index >= 15 is 0 Å². The third-order valence-electron chi connectivity index (χ3n) is 3.94. The molecular formula is C16H24ClNO. The van der Waals surface area contributed by atoms with E-state index in [0.29, 0.717) is 0 Å². The zero-order valence-corrected chi connectivity index (χ0v) is 12.8. The van der Waals surface area contributed by atoms with Crippen molar-refractivity contribution in [2.75, 3.05) is 19.6 Å². The number of hydrogen-bond donors (Lipinski definition) is 1. The van der Waals surface area contributed by atoms with Crippen LogP contribution in [0.15, 0.2) is 18.2 Å². The van der Waals surface area contributed by atoms with E-state index in [9.17, 15) is 5.11 Å². The summed E-state index contributed by atoms with van der Waals surface area (Å²) < 4.78 is 0. The summed E-state index contributed by atoms with van der Waals surface area (Å²) in [5.41, 5.74) is 1.99. The van der Waals surface area contributed by atoms with Gasteiger partial charge in [0.15, 0.2) is 0 Å². The van der Waals surface area contributed by atoms with Crippen molar-refractivity contribution in [1.82, 2.24) is 4.90 Å². The fraction of sp³-hybridized carbons (Fsp3) is 0.625. The van der Waals surface area contributed by atoms with Crippen molar-refractivity contribution in [2.45, 2.75) is 33.3 Å². The molecule has 1 heterocycles. The molecule has 0 aromatic heterocycles. The van der Waals surface area contributed by atoms with Gasteiger partial charge >= 0.3 is 0 Å². The molecule has 3 unspecified atom stereocenters. The van der Waals surface area contributed by atoms with E-state index in [1.165, 1.54) is 6.42 Å². The normalized spacial score (nSPS) is 26.4. The Morgan fingerprint density at radius 3 is 2.53 bits per heavy atom. The van der Waals surface area contributed by atoms with Gasteiger partial charge in [0, 0.05) is 24.7 Å². The number of halogens is 1. The highest BCUT2D eigenvalue weighted by Gasteiger charge is 2.23. The summed E-state index contributed by atoms with van der Waals surface area (Å²) in [7, 11) is 0. The van der Waals surface area contributed by atoms with Crippen LogP contribution in [-0.4, -0.2) is 29.6 Å². The Morgan fingerprint density at radius 2 is 1.95 bits per heavy atom. The van der Waals surface area contributed by atoms with Crippen LogP contribution in [0.1, 0.15) is 37.5 Å². The van der Waals surface area contributed by atoms with E-state index in [2.05, 4.69) is 18.7 Å². The number of aryl methyl sites for hydroxylation is 1. The fourth-order valence-corrected chi connectivity index (χ4v) is 3.28. The van der Waals surface area contributed by atoms with E-state index in [4.69, 9.17) is 11.6 Å². The van der Waals surface area contributed by atoms with Crippen molar-refractivity contribution in [3.8, 4) is 0 Å². The van der Waals surface area contributed by atoms with Gasteiger partial charge in [0.1, 0.15) is 0 Å². The summed E-state index contributed by atoms with van der Waals surface area (Å²) in [6.07, 6.45) is 0.876. The second kappa shape index (κ2) is 6.25. The van der Waals surface area contributed by atoms with E-state index in [1.54, 1.807) is 0 Å². The molecule has 2 nitrogen and oxygen atoms in total. The van der Waals surface area contributed by atoms with Crippen molar-refractivity contribution < 1.29 is 5.11 Å². The summed E-state index contributed by atoms with van der Waals surface area (Å²) in [5.74, 6) is 1.45. The van der Waals surface area contributed by atoms with Gasteiger partial charge in [-0.05, 0) is 42.4 Å². The molecule has 1 aromatic carbocycles. The van der Waals surface area contributed by atoms with Crippen LogP contribution < -0.4 is 0 Å². The molecule has 1 aromatic rings. The first-order valence-corrected chi connectivity index (χ1v) is 7.50. The quantitative estimate of drug-likeness (QED) is 0.914. The Morgan fingerprint density at radius 1 is 1.32 bits per heavy atom. The largest absolute Gasteiger partial charge is 0.387 e. The van der Waals surface area contributed by atoms with Gasteiger partial charge in [0.25, 0.3) is 0 Å². The van der Waals surface area contributed by atoms with Gasteiger partial charge in [0.05, 0.1) is 6.10 Å². The Labute approximate surface area is 121 Å². The molecule has 3 heteroatoms. The average molecular weight is 282 g/mol. The minimum Gasteiger partial charge on any atom is -0.387 e. The first-order chi connectivity index (χ1) is 8.95. The first-order valence-electron chi connectivity index (χ1n) is 7.12.